The number of hydrogen-bond donors (Lipinski definition) is 1. The molecule has 1 N–H and O–H groups in total. The number of nitrogens with zero attached hydrogens (tertiary/aromatic N) is 1. The van der Waals surface area contributed by atoms with Gasteiger partial charge in [-0.25, -0.2) is 8.42 Å². The third-order valence-corrected chi connectivity index (χ3v) is 6.80. The molecular weight excluding hydrogens is 384 g/mol. The SMILES string of the molecule is CCN(CNC(=O)CCOC1CS(=O)(=O)C1)C(C)Cc1ccc2c(c1)OCO2. The van der Waals surface area contributed by atoms with Gasteiger partial charge in [0.05, 0.1) is 37.3 Å². The second-order valence-corrected chi connectivity index (χ2v) is 9.38. The number of amides is 1. The van der Waals surface area contributed by atoms with E-state index in [9.17, 15) is 13.2 Å². The topological polar surface area (TPSA) is 94.2 Å². The molecule has 0 bridgehead atoms. The Kier molecular flexibility index (Phi) is 6.79. The molecule has 28 heavy (non-hydrogen) atoms. The van der Waals surface area contributed by atoms with Gasteiger partial charge in [0, 0.05) is 6.04 Å². The number of sulfone groups is 1. The van der Waals surface area contributed by atoms with Crippen molar-refractivity contribution >= 4 is 15.7 Å². The monoisotopic (exact) mass is 412 g/mol. The fraction of sp³-hybridized carbons (Fsp3) is 0.632. The number of ether oxygens (including phenoxy) is 3. The molecule has 2 heterocycles. The van der Waals surface area contributed by atoms with Crippen LogP contribution in [0.4, 0.5) is 0 Å². The first-order valence-electron chi connectivity index (χ1n) is 9.57. The van der Waals surface area contributed by atoms with Crippen LogP contribution in [0.3, 0.4) is 0 Å². The first kappa shape index (κ1) is 20.9. The Morgan fingerprint density at radius 1 is 1.32 bits per heavy atom. The highest BCUT2D eigenvalue weighted by Gasteiger charge is 2.34. The molecule has 2 aliphatic rings. The lowest BCUT2D eigenvalue weighted by Gasteiger charge is -2.28. The minimum Gasteiger partial charge on any atom is -0.454 e. The largest absolute Gasteiger partial charge is 0.454 e. The van der Waals surface area contributed by atoms with E-state index < -0.39 is 9.84 Å². The van der Waals surface area contributed by atoms with Gasteiger partial charge in [-0.15, -0.1) is 0 Å². The van der Waals surface area contributed by atoms with Crippen LogP contribution in [-0.4, -0.2) is 69.5 Å². The van der Waals surface area contributed by atoms with Gasteiger partial charge in [0.15, 0.2) is 21.3 Å². The lowest BCUT2D eigenvalue weighted by molar-refractivity contribution is -0.123. The molecule has 8 nitrogen and oxygen atoms in total. The number of carbonyl (C=O) groups is 1. The molecule has 0 radical (unpaired) electrons. The van der Waals surface area contributed by atoms with Crippen LogP contribution >= 0.6 is 0 Å². The fourth-order valence-electron chi connectivity index (χ4n) is 3.33. The number of nitrogens with one attached hydrogen (secondary N) is 1. The summed E-state index contributed by atoms with van der Waals surface area (Å²) in [6, 6.07) is 6.20. The minimum absolute atomic E-state index is 0.0651. The molecule has 2 aliphatic heterocycles. The highest BCUT2D eigenvalue weighted by Crippen LogP contribution is 2.32. The summed E-state index contributed by atoms with van der Waals surface area (Å²) < 4.78 is 38.3. The molecule has 1 unspecified atom stereocenters. The van der Waals surface area contributed by atoms with Crippen molar-refractivity contribution in [3.05, 3.63) is 23.8 Å². The van der Waals surface area contributed by atoms with Crippen molar-refractivity contribution in [2.24, 2.45) is 0 Å². The quantitative estimate of drug-likeness (QED) is 0.572. The molecule has 1 fully saturated rings. The number of likely N-dealkylation sites (N-methyl/N-ethyl adjacent to an activating group) is 1. The van der Waals surface area contributed by atoms with Crippen LogP contribution in [0, 0.1) is 0 Å². The second-order valence-electron chi connectivity index (χ2n) is 7.22. The maximum atomic E-state index is 12.0. The number of carbonyl (C=O) groups excluding carboxylic acids is 1. The zero-order chi connectivity index (χ0) is 20.1. The molecule has 1 atom stereocenters. The maximum Gasteiger partial charge on any atom is 0.231 e. The van der Waals surface area contributed by atoms with E-state index in [0.29, 0.717) is 6.67 Å². The Morgan fingerprint density at radius 2 is 2.07 bits per heavy atom. The normalized spacial score (nSPS) is 18.7. The Labute approximate surface area is 166 Å². The third-order valence-electron chi connectivity index (χ3n) is 5.04. The molecule has 0 spiro atoms. The molecule has 1 aromatic carbocycles. The van der Waals surface area contributed by atoms with Crippen molar-refractivity contribution in [2.75, 3.05) is 38.1 Å². The lowest BCUT2D eigenvalue weighted by atomic mass is 10.1. The molecule has 156 valence electrons. The van der Waals surface area contributed by atoms with E-state index in [0.717, 1.165) is 30.0 Å². The summed E-state index contributed by atoms with van der Waals surface area (Å²) in [5.74, 6) is 1.58. The fourth-order valence-corrected chi connectivity index (χ4v) is 4.56. The first-order valence-corrected chi connectivity index (χ1v) is 11.4. The molecule has 0 saturated carbocycles. The van der Waals surface area contributed by atoms with Crippen LogP contribution < -0.4 is 14.8 Å². The smallest absolute Gasteiger partial charge is 0.231 e. The van der Waals surface area contributed by atoms with Crippen LogP contribution in [0.2, 0.25) is 0 Å². The number of rotatable bonds is 10. The van der Waals surface area contributed by atoms with Crippen molar-refractivity contribution < 1.29 is 27.4 Å². The molecule has 1 saturated heterocycles. The molecular formula is C19H28N2O6S. The Hall–Kier alpha value is -1.84. The summed E-state index contributed by atoms with van der Waals surface area (Å²) in [7, 11) is -2.89. The van der Waals surface area contributed by atoms with Gasteiger partial charge in [-0.1, -0.05) is 13.0 Å². The van der Waals surface area contributed by atoms with Crippen molar-refractivity contribution in [3.8, 4) is 11.5 Å². The molecule has 1 amide bonds. The molecule has 3 rings (SSSR count). The Balaban J connectivity index is 1.37. The van der Waals surface area contributed by atoms with Gasteiger partial charge in [-0.3, -0.25) is 9.69 Å². The summed E-state index contributed by atoms with van der Waals surface area (Å²) in [4.78, 5) is 14.2. The van der Waals surface area contributed by atoms with Crippen LogP contribution in [0.25, 0.3) is 0 Å². The highest BCUT2D eigenvalue weighted by molar-refractivity contribution is 7.92. The summed E-state index contributed by atoms with van der Waals surface area (Å²) in [6.45, 7) is 5.96. The summed E-state index contributed by atoms with van der Waals surface area (Å²) >= 11 is 0. The molecule has 1 aromatic rings. The van der Waals surface area contributed by atoms with E-state index in [-0.39, 0.29) is 49.4 Å². The summed E-state index contributed by atoms with van der Waals surface area (Å²) in [6.07, 6.45) is 0.802. The van der Waals surface area contributed by atoms with Crippen LogP contribution in [-0.2, 0) is 25.8 Å². The maximum absolute atomic E-state index is 12.0. The van der Waals surface area contributed by atoms with Gasteiger partial charge < -0.3 is 19.5 Å². The van der Waals surface area contributed by atoms with Crippen molar-refractivity contribution in [2.45, 2.75) is 38.8 Å². The molecule has 0 aliphatic carbocycles. The standard InChI is InChI=1S/C19H28N2O6S/c1-3-21(12-20-19(22)6-7-25-16-10-28(23,24)11-16)14(2)8-15-4-5-17-18(9-15)27-13-26-17/h4-5,9,14,16H,3,6-8,10-13H2,1-2H3,(H,20,22). The highest BCUT2D eigenvalue weighted by atomic mass is 32.2. The van der Waals surface area contributed by atoms with E-state index in [2.05, 4.69) is 24.1 Å². The Morgan fingerprint density at radius 3 is 2.79 bits per heavy atom. The van der Waals surface area contributed by atoms with Crippen molar-refractivity contribution in [3.63, 3.8) is 0 Å². The zero-order valence-electron chi connectivity index (χ0n) is 16.3. The van der Waals surface area contributed by atoms with E-state index in [1.807, 2.05) is 18.2 Å². The van der Waals surface area contributed by atoms with Gasteiger partial charge in [0.25, 0.3) is 0 Å². The van der Waals surface area contributed by atoms with Crippen LogP contribution in [0.1, 0.15) is 25.8 Å². The summed E-state index contributed by atoms with van der Waals surface area (Å²) in [5.41, 5.74) is 1.16. The summed E-state index contributed by atoms with van der Waals surface area (Å²) in [5, 5.41) is 2.91. The van der Waals surface area contributed by atoms with E-state index >= 15 is 0 Å². The average Bonchev–Trinajstić information content (AvgIpc) is 3.08. The third kappa shape index (κ3) is 5.59. The molecule has 0 aromatic heterocycles. The average molecular weight is 413 g/mol. The van der Waals surface area contributed by atoms with E-state index in [1.165, 1.54) is 0 Å². The van der Waals surface area contributed by atoms with Gasteiger partial charge in [-0.2, -0.15) is 0 Å². The van der Waals surface area contributed by atoms with Crippen molar-refractivity contribution in [1.29, 1.82) is 0 Å². The number of benzene rings is 1. The van der Waals surface area contributed by atoms with Crippen molar-refractivity contribution in [1.82, 2.24) is 10.2 Å². The van der Waals surface area contributed by atoms with Gasteiger partial charge >= 0.3 is 0 Å². The predicted molar refractivity (Wildman–Crippen MR) is 104 cm³/mol. The molecule has 9 heteroatoms. The number of fused-ring (bicyclic) bond motifs is 1. The van der Waals surface area contributed by atoms with Crippen LogP contribution in [0.15, 0.2) is 18.2 Å². The van der Waals surface area contributed by atoms with Crippen LogP contribution in [0.5, 0.6) is 11.5 Å². The second kappa shape index (κ2) is 9.11. The van der Waals surface area contributed by atoms with E-state index in [1.54, 1.807) is 0 Å². The van der Waals surface area contributed by atoms with Gasteiger partial charge in [-0.05, 0) is 37.6 Å². The van der Waals surface area contributed by atoms with E-state index in [4.69, 9.17) is 14.2 Å². The number of hydrogen-bond acceptors (Lipinski definition) is 7. The lowest BCUT2D eigenvalue weighted by Crippen LogP contribution is -2.45. The first-order chi connectivity index (χ1) is 13.4. The zero-order valence-corrected chi connectivity index (χ0v) is 17.2. The predicted octanol–water partition coefficient (Wildman–Crippen LogP) is 0.946. The van der Waals surface area contributed by atoms with Gasteiger partial charge in [0.1, 0.15) is 0 Å². The Bertz CT molecular complexity index is 786. The van der Waals surface area contributed by atoms with Gasteiger partial charge in [0.2, 0.25) is 12.7 Å². The minimum atomic E-state index is -2.89.